The standard InChI is InChI=1S/C17H20N2O5S/c1-10(2)6-15(20)18-17-19(9-16(21)22-3)11-7-12-13(8-14(11)25-17)24-5-4-23-12/h7-8,10H,4-6,9H2,1-3H3. The second-order valence-electron chi connectivity index (χ2n) is 6.11. The highest BCUT2D eigenvalue weighted by Gasteiger charge is 2.18. The molecular formula is C17H20N2O5S. The Kier molecular flexibility index (Phi) is 5.08. The second-order valence-corrected chi connectivity index (χ2v) is 7.12. The number of carbonyl (C=O) groups is 2. The summed E-state index contributed by atoms with van der Waals surface area (Å²) in [6, 6.07) is 3.67. The van der Waals surface area contributed by atoms with Crippen molar-refractivity contribution in [3.63, 3.8) is 0 Å². The van der Waals surface area contributed by atoms with E-state index < -0.39 is 5.97 Å². The average molecular weight is 364 g/mol. The van der Waals surface area contributed by atoms with Crippen molar-refractivity contribution in [3.05, 3.63) is 16.9 Å². The number of benzene rings is 1. The van der Waals surface area contributed by atoms with Gasteiger partial charge in [0.05, 0.1) is 17.3 Å². The molecule has 0 bridgehead atoms. The second kappa shape index (κ2) is 7.26. The molecule has 1 amide bonds. The summed E-state index contributed by atoms with van der Waals surface area (Å²) in [6.45, 7) is 4.87. The third-order valence-electron chi connectivity index (χ3n) is 3.66. The summed E-state index contributed by atoms with van der Waals surface area (Å²) < 4.78 is 18.5. The lowest BCUT2D eigenvalue weighted by Gasteiger charge is -2.18. The fraction of sp³-hybridized carbons (Fsp3) is 0.471. The third-order valence-corrected chi connectivity index (χ3v) is 4.71. The Balaban J connectivity index is 2.13. The molecule has 0 saturated carbocycles. The number of ether oxygens (including phenoxy) is 3. The minimum absolute atomic E-state index is 0.0239. The van der Waals surface area contributed by atoms with E-state index in [9.17, 15) is 9.59 Å². The van der Waals surface area contributed by atoms with Gasteiger partial charge in [0.25, 0.3) is 0 Å². The molecule has 0 unspecified atom stereocenters. The lowest BCUT2D eigenvalue weighted by molar-refractivity contribution is -0.141. The molecule has 0 spiro atoms. The zero-order chi connectivity index (χ0) is 18.0. The molecule has 3 rings (SSSR count). The van der Waals surface area contributed by atoms with Gasteiger partial charge in [-0.25, -0.2) is 0 Å². The Morgan fingerprint density at radius 1 is 1.28 bits per heavy atom. The minimum atomic E-state index is -0.410. The number of hydrogen-bond donors (Lipinski definition) is 0. The largest absolute Gasteiger partial charge is 0.486 e. The summed E-state index contributed by atoms with van der Waals surface area (Å²) in [5.41, 5.74) is 0.760. The van der Waals surface area contributed by atoms with Gasteiger partial charge in [-0.1, -0.05) is 25.2 Å². The van der Waals surface area contributed by atoms with Crippen LogP contribution in [0, 0.1) is 5.92 Å². The van der Waals surface area contributed by atoms with Crippen LogP contribution in [0.3, 0.4) is 0 Å². The zero-order valence-corrected chi connectivity index (χ0v) is 15.2. The number of thiazole rings is 1. The maximum atomic E-state index is 12.1. The Morgan fingerprint density at radius 2 is 1.96 bits per heavy atom. The number of rotatable bonds is 4. The van der Waals surface area contributed by atoms with E-state index in [1.807, 2.05) is 26.0 Å². The maximum absolute atomic E-state index is 12.1. The van der Waals surface area contributed by atoms with Gasteiger partial charge in [-0.3, -0.25) is 9.59 Å². The molecule has 8 heteroatoms. The molecule has 2 aromatic rings. The highest BCUT2D eigenvalue weighted by Crippen LogP contribution is 2.35. The number of methoxy groups -OCH3 is 1. The van der Waals surface area contributed by atoms with E-state index in [4.69, 9.17) is 14.2 Å². The van der Waals surface area contributed by atoms with Crippen LogP contribution in [-0.4, -0.2) is 36.8 Å². The highest BCUT2D eigenvalue weighted by molar-refractivity contribution is 7.16. The van der Waals surface area contributed by atoms with Crippen molar-refractivity contribution in [2.75, 3.05) is 20.3 Å². The molecule has 0 N–H and O–H groups in total. The van der Waals surface area contributed by atoms with E-state index in [1.54, 1.807) is 4.57 Å². The summed E-state index contributed by atoms with van der Waals surface area (Å²) in [7, 11) is 1.33. The first kappa shape index (κ1) is 17.5. The topological polar surface area (TPSA) is 79.1 Å². The monoisotopic (exact) mass is 364 g/mol. The van der Waals surface area contributed by atoms with Crippen molar-refractivity contribution in [2.45, 2.75) is 26.8 Å². The lowest BCUT2D eigenvalue weighted by atomic mass is 10.1. The Labute approximate surface area is 148 Å². The summed E-state index contributed by atoms with van der Waals surface area (Å²) >= 11 is 1.34. The van der Waals surface area contributed by atoms with E-state index >= 15 is 0 Å². The number of fused-ring (bicyclic) bond motifs is 2. The van der Waals surface area contributed by atoms with E-state index in [-0.39, 0.29) is 18.4 Å². The van der Waals surface area contributed by atoms with Gasteiger partial charge in [0.1, 0.15) is 19.8 Å². The molecule has 2 heterocycles. The number of hydrogen-bond acceptors (Lipinski definition) is 6. The van der Waals surface area contributed by atoms with Crippen molar-refractivity contribution in [1.29, 1.82) is 0 Å². The van der Waals surface area contributed by atoms with E-state index in [2.05, 4.69) is 4.99 Å². The van der Waals surface area contributed by atoms with Crippen molar-refractivity contribution in [1.82, 2.24) is 4.57 Å². The molecule has 0 radical (unpaired) electrons. The Hall–Kier alpha value is -2.35. The van der Waals surface area contributed by atoms with Crippen LogP contribution in [0.1, 0.15) is 20.3 Å². The fourth-order valence-corrected chi connectivity index (χ4v) is 3.60. The number of aromatic nitrogens is 1. The maximum Gasteiger partial charge on any atom is 0.325 e. The normalized spacial score (nSPS) is 14.2. The van der Waals surface area contributed by atoms with Crippen LogP contribution >= 0.6 is 11.3 Å². The van der Waals surface area contributed by atoms with E-state index in [0.29, 0.717) is 35.9 Å². The summed E-state index contributed by atoms with van der Waals surface area (Å²) in [5.74, 6) is 0.874. The average Bonchev–Trinajstić information content (AvgIpc) is 2.88. The molecule has 0 atom stereocenters. The minimum Gasteiger partial charge on any atom is -0.486 e. The summed E-state index contributed by atoms with van der Waals surface area (Å²) in [4.78, 5) is 28.6. The smallest absolute Gasteiger partial charge is 0.325 e. The molecule has 134 valence electrons. The number of amides is 1. The van der Waals surface area contributed by atoms with Crippen molar-refractivity contribution in [2.24, 2.45) is 10.9 Å². The van der Waals surface area contributed by atoms with Crippen LogP contribution < -0.4 is 14.3 Å². The molecule has 0 fully saturated rings. The molecule has 25 heavy (non-hydrogen) atoms. The van der Waals surface area contributed by atoms with Gasteiger partial charge in [-0.05, 0) is 5.92 Å². The van der Waals surface area contributed by atoms with Gasteiger partial charge in [0.2, 0.25) is 5.91 Å². The number of nitrogens with zero attached hydrogens (tertiary/aromatic N) is 2. The fourth-order valence-electron chi connectivity index (χ4n) is 2.54. The van der Waals surface area contributed by atoms with Gasteiger partial charge in [0.15, 0.2) is 16.3 Å². The first-order valence-electron chi connectivity index (χ1n) is 8.05. The quantitative estimate of drug-likeness (QED) is 0.777. The molecule has 1 aromatic carbocycles. The van der Waals surface area contributed by atoms with Crippen LogP contribution in [0.15, 0.2) is 17.1 Å². The summed E-state index contributed by atoms with van der Waals surface area (Å²) in [6.07, 6.45) is 0.356. The van der Waals surface area contributed by atoms with Crippen molar-refractivity contribution >= 4 is 33.4 Å². The zero-order valence-electron chi connectivity index (χ0n) is 14.4. The highest BCUT2D eigenvalue weighted by atomic mass is 32.1. The lowest BCUT2D eigenvalue weighted by Crippen LogP contribution is -2.22. The van der Waals surface area contributed by atoms with Crippen LogP contribution in [0.25, 0.3) is 10.2 Å². The van der Waals surface area contributed by atoms with Crippen LogP contribution in [0.5, 0.6) is 11.5 Å². The van der Waals surface area contributed by atoms with E-state index in [0.717, 1.165) is 10.2 Å². The van der Waals surface area contributed by atoms with Gasteiger partial charge in [0, 0.05) is 18.6 Å². The van der Waals surface area contributed by atoms with Gasteiger partial charge in [-0.2, -0.15) is 4.99 Å². The number of esters is 1. The van der Waals surface area contributed by atoms with Gasteiger partial charge >= 0.3 is 5.97 Å². The first-order valence-corrected chi connectivity index (χ1v) is 8.87. The molecule has 0 saturated heterocycles. The molecule has 1 aliphatic heterocycles. The third kappa shape index (κ3) is 3.84. The van der Waals surface area contributed by atoms with Crippen molar-refractivity contribution in [3.8, 4) is 11.5 Å². The van der Waals surface area contributed by atoms with E-state index in [1.165, 1.54) is 18.4 Å². The molecule has 0 aliphatic carbocycles. The van der Waals surface area contributed by atoms with Crippen molar-refractivity contribution < 1.29 is 23.8 Å². The molecular weight excluding hydrogens is 344 g/mol. The van der Waals surface area contributed by atoms with Crippen LogP contribution in [-0.2, 0) is 20.9 Å². The predicted molar refractivity (Wildman–Crippen MR) is 92.8 cm³/mol. The molecule has 1 aromatic heterocycles. The SMILES string of the molecule is COC(=O)Cn1c(=NC(=O)CC(C)C)sc2cc3c(cc21)OCCO3. The van der Waals surface area contributed by atoms with Crippen LogP contribution in [0.2, 0.25) is 0 Å². The Bertz CT molecular complexity index is 881. The van der Waals surface area contributed by atoms with Gasteiger partial charge < -0.3 is 18.8 Å². The Morgan fingerprint density at radius 3 is 2.60 bits per heavy atom. The summed E-state index contributed by atoms with van der Waals surface area (Å²) in [5, 5.41) is 0. The predicted octanol–water partition coefficient (Wildman–Crippen LogP) is 2.12. The first-order chi connectivity index (χ1) is 12.0. The van der Waals surface area contributed by atoms with Gasteiger partial charge in [-0.15, -0.1) is 0 Å². The number of carbonyl (C=O) groups excluding carboxylic acids is 2. The molecule has 1 aliphatic rings. The molecule has 7 nitrogen and oxygen atoms in total. The van der Waals surface area contributed by atoms with Crippen LogP contribution in [0.4, 0.5) is 0 Å².